The quantitative estimate of drug-likeness (QED) is 0.759. The van der Waals surface area contributed by atoms with Gasteiger partial charge in [0.2, 0.25) is 5.69 Å². The van der Waals surface area contributed by atoms with Crippen molar-refractivity contribution in [2.24, 2.45) is 0 Å². The molecule has 1 saturated heterocycles. The number of rotatable bonds is 4. The van der Waals surface area contributed by atoms with E-state index in [-0.39, 0.29) is 23.6 Å². The van der Waals surface area contributed by atoms with Crippen LogP contribution in [0.2, 0.25) is 0 Å². The Labute approximate surface area is 140 Å². The molecule has 2 heterocycles. The Morgan fingerprint density at radius 3 is 2.75 bits per heavy atom. The third-order valence-electron chi connectivity index (χ3n) is 3.63. The SMILES string of the molecule is CC(=O)OC(C)(C)C(=O)N1CCCC(Oc2nccnc2C#N)C1. The van der Waals surface area contributed by atoms with Crippen molar-refractivity contribution in [3.63, 3.8) is 0 Å². The molecule has 0 spiro atoms. The fourth-order valence-corrected chi connectivity index (χ4v) is 2.65. The molecule has 1 amide bonds. The van der Waals surface area contributed by atoms with Crippen LogP contribution in [-0.2, 0) is 14.3 Å². The summed E-state index contributed by atoms with van der Waals surface area (Å²) in [6, 6.07) is 1.93. The first-order chi connectivity index (χ1) is 11.3. The van der Waals surface area contributed by atoms with E-state index >= 15 is 0 Å². The smallest absolute Gasteiger partial charge is 0.303 e. The summed E-state index contributed by atoms with van der Waals surface area (Å²) >= 11 is 0. The Morgan fingerprint density at radius 2 is 2.08 bits per heavy atom. The maximum Gasteiger partial charge on any atom is 0.303 e. The van der Waals surface area contributed by atoms with Crippen LogP contribution in [-0.4, -0.2) is 51.5 Å². The van der Waals surface area contributed by atoms with Crippen molar-refractivity contribution in [2.75, 3.05) is 13.1 Å². The molecule has 1 atom stereocenters. The van der Waals surface area contributed by atoms with Crippen LogP contribution in [0.4, 0.5) is 0 Å². The molecule has 1 fully saturated rings. The monoisotopic (exact) mass is 332 g/mol. The second-order valence-corrected chi connectivity index (χ2v) is 6.06. The molecule has 1 aromatic rings. The molecule has 2 rings (SSSR count). The summed E-state index contributed by atoms with van der Waals surface area (Å²) in [7, 11) is 0. The van der Waals surface area contributed by atoms with E-state index in [1.807, 2.05) is 6.07 Å². The lowest BCUT2D eigenvalue weighted by molar-refractivity contribution is -0.169. The molecule has 1 aromatic heterocycles. The van der Waals surface area contributed by atoms with Crippen LogP contribution >= 0.6 is 0 Å². The minimum Gasteiger partial charge on any atom is -0.470 e. The van der Waals surface area contributed by atoms with E-state index in [4.69, 9.17) is 14.7 Å². The highest BCUT2D eigenvalue weighted by Gasteiger charge is 2.37. The van der Waals surface area contributed by atoms with Gasteiger partial charge in [0.05, 0.1) is 6.54 Å². The third-order valence-corrected chi connectivity index (χ3v) is 3.63. The van der Waals surface area contributed by atoms with Crippen LogP contribution in [0.3, 0.4) is 0 Å². The van der Waals surface area contributed by atoms with E-state index in [1.54, 1.807) is 18.7 Å². The van der Waals surface area contributed by atoms with E-state index < -0.39 is 11.6 Å². The third kappa shape index (κ3) is 4.19. The lowest BCUT2D eigenvalue weighted by atomic mass is 10.0. The average Bonchev–Trinajstić information content (AvgIpc) is 2.53. The number of nitrogens with zero attached hydrogens (tertiary/aromatic N) is 4. The number of hydrogen-bond donors (Lipinski definition) is 0. The van der Waals surface area contributed by atoms with Gasteiger partial charge < -0.3 is 14.4 Å². The van der Waals surface area contributed by atoms with Gasteiger partial charge in [-0.05, 0) is 26.7 Å². The number of amides is 1. The second-order valence-electron chi connectivity index (χ2n) is 6.06. The van der Waals surface area contributed by atoms with E-state index in [0.29, 0.717) is 13.1 Å². The van der Waals surface area contributed by atoms with Gasteiger partial charge in [0, 0.05) is 25.9 Å². The first-order valence-corrected chi connectivity index (χ1v) is 7.70. The van der Waals surface area contributed by atoms with Crippen molar-refractivity contribution in [3.05, 3.63) is 18.1 Å². The Balaban J connectivity index is 2.05. The number of carbonyl (C=O) groups is 2. The number of hydrogen-bond acceptors (Lipinski definition) is 7. The molecular formula is C16H20N4O4. The van der Waals surface area contributed by atoms with Crippen molar-refractivity contribution in [2.45, 2.75) is 45.3 Å². The summed E-state index contributed by atoms with van der Waals surface area (Å²) in [6.45, 7) is 5.31. The summed E-state index contributed by atoms with van der Waals surface area (Å²) in [4.78, 5) is 33.3. The molecule has 0 aromatic carbocycles. The molecule has 1 aliphatic heterocycles. The highest BCUT2D eigenvalue weighted by atomic mass is 16.6. The summed E-state index contributed by atoms with van der Waals surface area (Å²) in [5, 5.41) is 9.03. The van der Waals surface area contributed by atoms with Gasteiger partial charge in [-0.25, -0.2) is 9.97 Å². The second kappa shape index (κ2) is 7.25. The van der Waals surface area contributed by atoms with Crippen molar-refractivity contribution in [3.8, 4) is 11.9 Å². The lowest BCUT2D eigenvalue weighted by Gasteiger charge is -2.36. The first-order valence-electron chi connectivity index (χ1n) is 7.70. The van der Waals surface area contributed by atoms with Gasteiger partial charge in [-0.1, -0.05) is 0 Å². The number of ether oxygens (including phenoxy) is 2. The number of piperidine rings is 1. The Hall–Kier alpha value is -2.69. The van der Waals surface area contributed by atoms with Gasteiger partial charge in [0.15, 0.2) is 5.60 Å². The number of carbonyl (C=O) groups excluding carboxylic acids is 2. The maximum atomic E-state index is 12.6. The van der Waals surface area contributed by atoms with E-state index in [9.17, 15) is 9.59 Å². The Bertz CT molecular complexity index is 668. The average molecular weight is 332 g/mol. The molecule has 0 bridgehead atoms. The number of esters is 1. The normalized spacial score (nSPS) is 17.8. The van der Waals surface area contributed by atoms with E-state index in [2.05, 4.69) is 9.97 Å². The predicted molar refractivity (Wildman–Crippen MR) is 82.8 cm³/mol. The van der Waals surface area contributed by atoms with Crippen molar-refractivity contribution in [1.29, 1.82) is 5.26 Å². The predicted octanol–water partition coefficient (Wildman–Crippen LogP) is 1.06. The largest absolute Gasteiger partial charge is 0.470 e. The van der Waals surface area contributed by atoms with Gasteiger partial charge in [-0.3, -0.25) is 9.59 Å². The molecule has 8 heteroatoms. The zero-order valence-electron chi connectivity index (χ0n) is 14.0. The lowest BCUT2D eigenvalue weighted by Crippen LogP contribution is -2.53. The molecular weight excluding hydrogens is 312 g/mol. The molecule has 0 saturated carbocycles. The minimum atomic E-state index is -1.22. The van der Waals surface area contributed by atoms with Crippen LogP contribution < -0.4 is 4.74 Å². The Morgan fingerprint density at radius 1 is 1.38 bits per heavy atom. The van der Waals surface area contributed by atoms with Crippen LogP contribution in [0, 0.1) is 11.3 Å². The summed E-state index contributed by atoms with van der Waals surface area (Å²) in [5.41, 5.74) is -1.11. The van der Waals surface area contributed by atoms with Crippen LogP contribution in [0.1, 0.15) is 39.3 Å². The molecule has 8 nitrogen and oxygen atoms in total. The topological polar surface area (TPSA) is 105 Å². The molecule has 0 aliphatic carbocycles. The van der Waals surface area contributed by atoms with Gasteiger partial charge in [0.1, 0.15) is 12.2 Å². The molecule has 1 aliphatic rings. The number of nitriles is 1. The van der Waals surface area contributed by atoms with Crippen LogP contribution in [0.25, 0.3) is 0 Å². The molecule has 128 valence electrons. The highest BCUT2D eigenvalue weighted by Crippen LogP contribution is 2.22. The minimum absolute atomic E-state index is 0.112. The summed E-state index contributed by atoms with van der Waals surface area (Å²) in [6.07, 6.45) is 4.06. The zero-order valence-corrected chi connectivity index (χ0v) is 14.0. The number of aromatic nitrogens is 2. The Kier molecular flexibility index (Phi) is 5.34. The first kappa shape index (κ1) is 17.7. The molecule has 0 N–H and O–H groups in total. The number of likely N-dealkylation sites (tertiary alicyclic amines) is 1. The summed E-state index contributed by atoms with van der Waals surface area (Å²) in [5.74, 6) is -0.611. The van der Waals surface area contributed by atoms with Crippen molar-refractivity contribution in [1.82, 2.24) is 14.9 Å². The van der Waals surface area contributed by atoms with Crippen molar-refractivity contribution < 1.29 is 19.1 Å². The maximum absolute atomic E-state index is 12.6. The fraction of sp³-hybridized carbons (Fsp3) is 0.562. The van der Waals surface area contributed by atoms with E-state index in [1.165, 1.54) is 19.3 Å². The summed E-state index contributed by atoms with van der Waals surface area (Å²) < 4.78 is 10.9. The standard InChI is InChI=1S/C16H20N4O4/c1-11(21)24-16(2,3)15(22)20-8-4-5-12(10-20)23-14-13(9-17)18-6-7-19-14/h6-7,12H,4-5,8,10H2,1-3H3. The van der Waals surface area contributed by atoms with Crippen LogP contribution in [0.15, 0.2) is 12.4 Å². The van der Waals surface area contributed by atoms with Gasteiger partial charge in [-0.15, -0.1) is 0 Å². The highest BCUT2D eigenvalue weighted by molar-refractivity contribution is 5.86. The molecule has 24 heavy (non-hydrogen) atoms. The van der Waals surface area contributed by atoms with Crippen molar-refractivity contribution >= 4 is 11.9 Å². The molecule has 0 radical (unpaired) electrons. The fourth-order valence-electron chi connectivity index (χ4n) is 2.65. The van der Waals surface area contributed by atoms with Gasteiger partial charge in [-0.2, -0.15) is 5.26 Å². The van der Waals surface area contributed by atoms with E-state index in [0.717, 1.165) is 12.8 Å². The molecule has 1 unspecified atom stereocenters. The van der Waals surface area contributed by atoms with Crippen LogP contribution in [0.5, 0.6) is 5.88 Å². The van der Waals surface area contributed by atoms with Gasteiger partial charge in [0.25, 0.3) is 11.8 Å². The van der Waals surface area contributed by atoms with Gasteiger partial charge >= 0.3 is 5.97 Å². The zero-order chi connectivity index (χ0) is 17.7.